The molecule has 7 rings (SSSR count). The highest BCUT2D eigenvalue weighted by Gasteiger charge is 2.16. The minimum absolute atomic E-state index is 0.852. The van der Waals surface area contributed by atoms with Crippen molar-refractivity contribution in [2.75, 3.05) is 4.90 Å². The number of furan rings is 1. The van der Waals surface area contributed by atoms with Crippen LogP contribution in [0, 0.1) is 0 Å². The Morgan fingerprint density at radius 3 is 1.89 bits per heavy atom. The molecule has 5 nitrogen and oxygen atoms in total. The number of hydrogen-bond acceptors (Lipinski definition) is 4. The Kier molecular flexibility index (Phi) is 4.85. The average molecular weight is 531 g/mol. The summed E-state index contributed by atoms with van der Waals surface area (Å²) in [5.74, 6) is 0. The third-order valence-electron chi connectivity index (χ3n) is 6.32. The highest BCUT2D eigenvalue weighted by molar-refractivity contribution is 9.10. The first-order valence-electron chi connectivity index (χ1n) is 11.6. The maximum Gasteiger partial charge on any atom is 0.137 e. The van der Waals surface area contributed by atoms with Gasteiger partial charge in [0.2, 0.25) is 0 Å². The van der Waals surface area contributed by atoms with Gasteiger partial charge in [-0.2, -0.15) is 4.80 Å². The molecule has 0 saturated carbocycles. The maximum atomic E-state index is 6.23. The van der Waals surface area contributed by atoms with Crippen molar-refractivity contribution in [3.05, 3.63) is 120 Å². The number of rotatable bonds is 4. The molecule has 0 spiro atoms. The highest BCUT2D eigenvalue weighted by atomic mass is 79.9. The van der Waals surface area contributed by atoms with Crippen LogP contribution in [0.3, 0.4) is 0 Å². The van der Waals surface area contributed by atoms with Crippen molar-refractivity contribution in [3.8, 4) is 5.69 Å². The number of benzene rings is 5. The summed E-state index contributed by atoms with van der Waals surface area (Å²) in [6.45, 7) is 0. The molecule has 7 aromatic rings. The molecule has 0 amide bonds. The highest BCUT2D eigenvalue weighted by Crippen LogP contribution is 2.38. The Bertz CT molecular complexity index is 1820. The van der Waals surface area contributed by atoms with Crippen LogP contribution < -0.4 is 4.90 Å². The van der Waals surface area contributed by atoms with Crippen LogP contribution in [0.15, 0.2) is 124 Å². The summed E-state index contributed by atoms with van der Waals surface area (Å²) in [5, 5.41) is 11.4. The lowest BCUT2D eigenvalue weighted by Crippen LogP contribution is -2.10. The van der Waals surface area contributed by atoms with E-state index in [9.17, 15) is 0 Å². The minimum Gasteiger partial charge on any atom is -0.456 e. The van der Waals surface area contributed by atoms with Gasteiger partial charge < -0.3 is 9.32 Å². The Hall–Kier alpha value is -4.42. The van der Waals surface area contributed by atoms with Gasteiger partial charge in [-0.25, -0.2) is 0 Å². The molecule has 0 aliphatic heterocycles. The van der Waals surface area contributed by atoms with Gasteiger partial charge in [-0.3, -0.25) is 0 Å². The summed E-state index contributed by atoms with van der Waals surface area (Å²) in [6.07, 6.45) is 0. The molecule has 6 heteroatoms. The van der Waals surface area contributed by atoms with Gasteiger partial charge in [0.15, 0.2) is 0 Å². The number of para-hydroxylation sites is 1. The molecule has 0 saturated heterocycles. The summed E-state index contributed by atoms with van der Waals surface area (Å²) in [6, 6.07) is 39.0. The normalized spacial score (nSPS) is 11.5. The molecule has 2 heterocycles. The molecule has 0 atom stereocenters. The molecule has 0 unspecified atom stereocenters. The van der Waals surface area contributed by atoms with Gasteiger partial charge in [0.25, 0.3) is 0 Å². The lowest BCUT2D eigenvalue weighted by atomic mass is 10.1. The van der Waals surface area contributed by atoms with Gasteiger partial charge in [0.1, 0.15) is 22.2 Å². The second-order valence-electron chi connectivity index (χ2n) is 8.59. The molecular weight excluding hydrogens is 512 g/mol. The number of hydrogen-bond donors (Lipinski definition) is 0. The molecule has 5 aromatic carbocycles. The predicted molar refractivity (Wildman–Crippen MR) is 149 cm³/mol. The molecule has 0 aliphatic rings. The van der Waals surface area contributed by atoms with E-state index in [4.69, 9.17) is 4.42 Å². The Balaban J connectivity index is 1.33. The van der Waals surface area contributed by atoms with Crippen molar-refractivity contribution in [2.24, 2.45) is 0 Å². The first-order chi connectivity index (χ1) is 17.7. The summed E-state index contributed by atoms with van der Waals surface area (Å²) in [4.78, 5) is 3.90. The third kappa shape index (κ3) is 3.54. The van der Waals surface area contributed by atoms with Crippen molar-refractivity contribution in [1.82, 2.24) is 15.0 Å². The fraction of sp³-hybridized carbons (Fsp3) is 0. The summed E-state index contributed by atoms with van der Waals surface area (Å²) in [7, 11) is 0. The van der Waals surface area contributed by atoms with E-state index >= 15 is 0 Å². The van der Waals surface area contributed by atoms with Gasteiger partial charge in [-0.15, -0.1) is 10.2 Å². The number of halogens is 1. The van der Waals surface area contributed by atoms with E-state index < -0.39 is 0 Å². The third-order valence-corrected chi connectivity index (χ3v) is 6.81. The van der Waals surface area contributed by atoms with E-state index in [1.165, 1.54) is 0 Å². The van der Waals surface area contributed by atoms with Crippen molar-refractivity contribution < 1.29 is 4.42 Å². The quantitative estimate of drug-likeness (QED) is 0.228. The van der Waals surface area contributed by atoms with Crippen molar-refractivity contribution in [3.63, 3.8) is 0 Å². The van der Waals surface area contributed by atoms with Crippen LogP contribution in [0.1, 0.15) is 0 Å². The fourth-order valence-corrected chi connectivity index (χ4v) is 4.95. The molecule has 0 aliphatic carbocycles. The van der Waals surface area contributed by atoms with Gasteiger partial charge in [0, 0.05) is 38.4 Å². The van der Waals surface area contributed by atoms with Crippen molar-refractivity contribution in [2.45, 2.75) is 0 Å². The average Bonchev–Trinajstić information content (AvgIpc) is 3.50. The standard InChI is InChI=1S/C30H19BrN4O/c31-20-10-16-25-26-17-15-24(19-30(26)36-29(25)18-20)34(21-6-2-1-3-7-21)22-11-13-23(14-12-22)35-32-27-8-4-5-9-28(27)33-35/h1-19H. The molecule has 0 bridgehead atoms. The predicted octanol–water partition coefficient (Wildman–Crippen LogP) is 8.55. The van der Waals surface area contributed by atoms with Crippen LogP contribution in [0.5, 0.6) is 0 Å². The summed E-state index contributed by atoms with van der Waals surface area (Å²) < 4.78 is 7.22. The van der Waals surface area contributed by atoms with E-state index in [0.29, 0.717) is 0 Å². The first-order valence-corrected chi connectivity index (χ1v) is 12.4. The molecule has 172 valence electrons. The van der Waals surface area contributed by atoms with Crippen molar-refractivity contribution in [1.29, 1.82) is 0 Å². The van der Waals surface area contributed by atoms with E-state index in [1.54, 1.807) is 4.80 Å². The largest absolute Gasteiger partial charge is 0.456 e. The smallest absolute Gasteiger partial charge is 0.137 e. The minimum atomic E-state index is 0.852. The van der Waals surface area contributed by atoms with Gasteiger partial charge in [-0.05, 0) is 78.9 Å². The zero-order valence-corrected chi connectivity index (χ0v) is 20.6. The second kappa shape index (κ2) is 8.36. The molecule has 0 fully saturated rings. The SMILES string of the molecule is Brc1ccc2c(c1)oc1cc(N(c3ccccc3)c3ccc(-n4nc5ccccc5n4)cc3)ccc12. The van der Waals surface area contributed by atoms with Crippen LogP contribution in [0.25, 0.3) is 38.7 Å². The van der Waals surface area contributed by atoms with Gasteiger partial charge in [0.05, 0.1) is 5.69 Å². The summed E-state index contributed by atoms with van der Waals surface area (Å²) in [5.41, 5.74) is 7.48. The monoisotopic (exact) mass is 530 g/mol. The molecule has 0 radical (unpaired) electrons. The molecule has 2 aromatic heterocycles. The van der Waals surface area contributed by atoms with E-state index in [1.807, 2.05) is 66.7 Å². The maximum absolute atomic E-state index is 6.23. The number of aromatic nitrogens is 3. The molecule has 0 N–H and O–H groups in total. The topological polar surface area (TPSA) is 47.1 Å². The number of fused-ring (bicyclic) bond motifs is 4. The van der Waals surface area contributed by atoms with E-state index in [0.717, 1.165) is 60.2 Å². The van der Waals surface area contributed by atoms with Crippen LogP contribution in [-0.2, 0) is 0 Å². The Morgan fingerprint density at radius 1 is 0.583 bits per heavy atom. The lowest BCUT2D eigenvalue weighted by Gasteiger charge is -2.25. The second-order valence-corrected chi connectivity index (χ2v) is 9.50. The Morgan fingerprint density at radius 2 is 1.17 bits per heavy atom. The fourth-order valence-electron chi connectivity index (χ4n) is 4.61. The number of anilines is 3. The van der Waals surface area contributed by atoms with Gasteiger partial charge >= 0.3 is 0 Å². The van der Waals surface area contributed by atoms with E-state index in [-0.39, 0.29) is 0 Å². The van der Waals surface area contributed by atoms with Crippen LogP contribution in [0.2, 0.25) is 0 Å². The summed E-state index contributed by atoms with van der Waals surface area (Å²) >= 11 is 3.54. The molecular formula is C30H19BrN4O. The van der Waals surface area contributed by atoms with Crippen LogP contribution in [0.4, 0.5) is 17.1 Å². The first kappa shape index (κ1) is 20.9. The van der Waals surface area contributed by atoms with Gasteiger partial charge in [-0.1, -0.05) is 46.3 Å². The number of nitrogens with zero attached hydrogens (tertiary/aromatic N) is 4. The van der Waals surface area contributed by atoms with E-state index in [2.05, 4.69) is 79.6 Å². The molecule has 36 heavy (non-hydrogen) atoms. The van der Waals surface area contributed by atoms with Crippen LogP contribution in [-0.4, -0.2) is 15.0 Å². The van der Waals surface area contributed by atoms with Crippen molar-refractivity contribution >= 4 is 66.0 Å². The zero-order valence-electron chi connectivity index (χ0n) is 19.0. The van der Waals surface area contributed by atoms with Crippen LogP contribution >= 0.6 is 15.9 Å². The Labute approximate surface area is 215 Å². The zero-order chi connectivity index (χ0) is 24.1. The lowest BCUT2D eigenvalue weighted by molar-refractivity contribution is 0.668.